The molecule has 0 saturated heterocycles. The Hall–Kier alpha value is -1.03. The van der Waals surface area contributed by atoms with Crippen molar-refractivity contribution in [3.05, 3.63) is 28.5 Å². The number of fused-ring (bicyclic) bond motifs is 1. The largest absolute Gasteiger partial charge is 0.383 e. The van der Waals surface area contributed by atoms with Crippen LogP contribution in [0.4, 0.5) is 5.82 Å². The molecule has 0 spiro atoms. The second-order valence-electron chi connectivity index (χ2n) is 5.26. The van der Waals surface area contributed by atoms with Crippen molar-refractivity contribution in [2.75, 3.05) is 5.73 Å². The Morgan fingerprint density at radius 1 is 1.38 bits per heavy atom. The van der Waals surface area contributed by atoms with Crippen molar-refractivity contribution in [1.82, 2.24) is 9.38 Å². The van der Waals surface area contributed by atoms with Gasteiger partial charge in [-0.15, -0.1) is 0 Å². The van der Waals surface area contributed by atoms with Gasteiger partial charge in [0.2, 0.25) is 0 Å². The normalized spacial score (nSPS) is 12.2. The van der Waals surface area contributed by atoms with Crippen LogP contribution >= 0.6 is 15.9 Å². The van der Waals surface area contributed by atoms with E-state index in [1.807, 2.05) is 22.7 Å². The molecule has 0 radical (unpaired) electrons. The standard InChI is InChI=1S/C12H16BrN3/c1-12(2,3)6-9-11(14)16-7-8(13)4-5-10(16)15-9/h4-5,7H,6,14H2,1-3H3. The molecular formula is C12H16BrN3. The molecule has 0 aliphatic carbocycles. The van der Waals surface area contributed by atoms with Gasteiger partial charge in [-0.1, -0.05) is 20.8 Å². The zero-order valence-electron chi connectivity index (χ0n) is 9.79. The number of aromatic nitrogens is 2. The van der Waals surface area contributed by atoms with Gasteiger partial charge in [0.25, 0.3) is 0 Å². The molecule has 2 rings (SSSR count). The van der Waals surface area contributed by atoms with Gasteiger partial charge in [-0.3, -0.25) is 4.40 Å². The van der Waals surface area contributed by atoms with Crippen LogP contribution in [0.2, 0.25) is 0 Å². The van der Waals surface area contributed by atoms with Crippen molar-refractivity contribution in [2.45, 2.75) is 27.2 Å². The number of hydrogen-bond acceptors (Lipinski definition) is 2. The molecule has 0 fully saturated rings. The average Bonchev–Trinajstić information content (AvgIpc) is 2.42. The molecule has 0 unspecified atom stereocenters. The van der Waals surface area contributed by atoms with Gasteiger partial charge in [-0.05, 0) is 39.9 Å². The Bertz CT molecular complexity index is 523. The number of halogens is 1. The highest BCUT2D eigenvalue weighted by Gasteiger charge is 2.17. The molecular weight excluding hydrogens is 266 g/mol. The van der Waals surface area contributed by atoms with Gasteiger partial charge >= 0.3 is 0 Å². The molecule has 0 aliphatic heterocycles. The third-order valence-corrected chi connectivity index (χ3v) is 2.86. The maximum absolute atomic E-state index is 6.09. The quantitative estimate of drug-likeness (QED) is 0.872. The summed E-state index contributed by atoms with van der Waals surface area (Å²) in [6, 6.07) is 3.94. The summed E-state index contributed by atoms with van der Waals surface area (Å²) < 4.78 is 2.93. The minimum Gasteiger partial charge on any atom is -0.383 e. The van der Waals surface area contributed by atoms with Gasteiger partial charge in [0.15, 0.2) is 0 Å². The fourth-order valence-electron chi connectivity index (χ4n) is 1.72. The first-order valence-corrected chi connectivity index (χ1v) is 6.08. The molecule has 0 amide bonds. The minimum absolute atomic E-state index is 0.198. The lowest BCUT2D eigenvalue weighted by Crippen LogP contribution is -2.11. The van der Waals surface area contributed by atoms with Crippen LogP contribution in [-0.4, -0.2) is 9.38 Å². The smallest absolute Gasteiger partial charge is 0.138 e. The van der Waals surface area contributed by atoms with Crippen LogP contribution in [0, 0.1) is 5.41 Å². The van der Waals surface area contributed by atoms with Crippen LogP contribution in [0.25, 0.3) is 5.65 Å². The molecule has 0 aliphatic rings. The van der Waals surface area contributed by atoms with Crippen molar-refractivity contribution in [2.24, 2.45) is 5.41 Å². The Morgan fingerprint density at radius 3 is 2.69 bits per heavy atom. The van der Waals surface area contributed by atoms with E-state index in [-0.39, 0.29) is 5.41 Å². The zero-order valence-corrected chi connectivity index (χ0v) is 11.4. The van der Waals surface area contributed by atoms with Crippen LogP contribution in [0.5, 0.6) is 0 Å². The molecule has 2 aromatic rings. The number of pyridine rings is 1. The van der Waals surface area contributed by atoms with Crippen LogP contribution in [0.3, 0.4) is 0 Å². The molecule has 0 atom stereocenters. The fraction of sp³-hybridized carbons (Fsp3) is 0.417. The number of nitrogens with zero attached hydrogens (tertiary/aromatic N) is 2. The first-order valence-electron chi connectivity index (χ1n) is 5.29. The fourth-order valence-corrected chi connectivity index (χ4v) is 2.05. The van der Waals surface area contributed by atoms with Crippen LogP contribution in [0.1, 0.15) is 26.5 Å². The maximum atomic E-state index is 6.09. The van der Waals surface area contributed by atoms with Gasteiger partial charge in [-0.25, -0.2) is 4.98 Å². The zero-order chi connectivity index (χ0) is 11.9. The van der Waals surface area contributed by atoms with Crippen molar-refractivity contribution >= 4 is 27.4 Å². The van der Waals surface area contributed by atoms with Gasteiger partial charge in [0.05, 0.1) is 5.69 Å². The summed E-state index contributed by atoms with van der Waals surface area (Å²) in [5.41, 5.74) is 8.17. The predicted octanol–water partition coefficient (Wildman–Crippen LogP) is 3.27. The summed E-state index contributed by atoms with van der Waals surface area (Å²) in [6.07, 6.45) is 2.84. The molecule has 0 aromatic carbocycles. The Morgan fingerprint density at radius 2 is 2.06 bits per heavy atom. The second-order valence-corrected chi connectivity index (χ2v) is 6.17. The number of nitrogen functional groups attached to an aromatic ring is 1. The number of nitrogens with two attached hydrogens (primary N) is 1. The van der Waals surface area contributed by atoms with Crippen molar-refractivity contribution < 1.29 is 0 Å². The third-order valence-electron chi connectivity index (χ3n) is 2.39. The summed E-state index contributed by atoms with van der Waals surface area (Å²) >= 11 is 3.43. The SMILES string of the molecule is CC(C)(C)Cc1nc2ccc(Br)cn2c1N. The highest BCUT2D eigenvalue weighted by atomic mass is 79.9. The Balaban J connectivity index is 2.52. The average molecular weight is 282 g/mol. The number of imidazole rings is 1. The van der Waals surface area contributed by atoms with Crippen molar-refractivity contribution in [1.29, 1.82) is 0 Å². The topological polar surface area (TPSA) is 43.3 Å². The summed E-state index contributed by atoms with van der Waals surface area (Å²) in [5.74, 6) is 0.742. The molecule has 0 saturated carbocycles. The van der Waals surface area contributed by atoms with E-state index < -0.39 is 0 Å². The number of hydrogen-bond donors (Lipinski definition) is 1. The van der Waals surface area contributed by atoms with E-state index in [2.05, 4.69) is 41.7 Å². The number of anilines is 1. The molecule has 86 valence electrons. The van der Waals surface area contributed by atoms with Crippen LogP contribution < -0.4 is 5.73 Å². The summed E-state index contributed by atoms with van der Waals surface area (Å²) in [6.45, 7) is 6.56. The van der Waals surface area contributed by atoms with E-state index in [0.29, 0.717) is 0 Å². The summed E-state index contributed by atoms with van der Waals surface area (Å²) in [5, 5.41) is 0. The molecule has 3 nitrogen and oxygen atoms in total. The molecule has 2 N–H and O–H groups in total. The molecule has 4 heteroatoms. The first kappa shape index (κ1) is 11.5. The lowest BCUT2D eigenvalue weighted by molar-refractivity contribution is 0.408. The molecule has 2 heterocycles. The van der Waals surface area contributed by atoms with Crippen LogP contribution in [0.15, 0.2) is 22.8 Å². The predicted molar refractivity (Wildman–Crippen MR) is 70.5 cm³/mol. The lowest BCUT2D eigenvalue weighted by Gasteiger charge is -2.16. The van der Waals surface area contributed by atoms with E-state index in [1.165, 1.54) is 0 Å². The molecule has 2 aromatic heterocycles. The number of rotatable bonds is 1. The second kappa shape index (κ2) is 3.77. The van der Waals surface area contributed by atoms with Gasteiger partial charge in [0.1, 0.15) is 11.5 Å². The van der Waals surface area contributed by atoms with E-state index in [1.54, 1.807) is 0 Å². The summed E-state index contributed by atoms with van der Waals surface area (Å²) in [4.78, 5) is 4.56. The van der Waals surface area contributed by atoms with Gasteiger partial charge in [-0.2, -0.15) is 0 Å². The molecule has 16 heavy (non-hydrogen) atoms. The monoisotopic (exact) mass is 281 g/mol. The minimum atomic E-state index is 0.198. The molecule has 0 bridgehead atoms. The highest BCUT2D eigenvalue weighted by Crippen LogP contribution is 2.25. The van der Waals surface area contributed by atoms with Crippen LogP contribution in [-0.2, 0) is 6.42 Å². The van der Waals surface area contributed by atoms with Crippen molar-refractivity contribution in [3.63, 3.8) is 0 Å². The Labute approximate surface area is 104 Å². The van der Waals surface area contributed by atoms with Crippen molar-refractivity contribution in [3.8, 4) is 0 Å². The summed E-state index contributed by atoms with van der Waals surface area (Å²) in [7, 11) is 0. The Kier molecular flexibility index (Phi) is 2.70. The maximum Gasteiger partial charge on any atom is 0.138 e. The lowest BCUT2D eigenvalue weighted by atomic mass is 9.90. The highest BCUT2D eigenvalue weighted by molar-refractivity contribution is 9.10. The van der Waals surface area contributed by atoms with Gasteiger partial charge in [0, 0.05) is 10.7 Å². The van der Waals surface area contributed by atoms with E-state index in [4.69, 9.17) is 5.73 Å². The van der Waals surface area contributed by atoms with E-state index in [9.17, 15) is 0 Å². The van der Waals surface area contributed by atoms with E-state index in [0.717, 1.165) is 28.1 Å². The third kappa shape index (κ3) is 2.21. The van der Waals surface area contributed by atoms with Gasteiger partial charge < -0.3 is 5.73 Å². The first-order chi connectivity index (χ1) is 7.37. The van der Waals surface area contributed by atoms with E-state index >= 15 is 0 Å².